The number of carbonyl (C=O) groups is 3. The van der Waals surface area contributed by atoms with Crippen molar-refractivity contribution in [3.63, 3.8) is 0 Å². The van der Waals surface area contributed by atoms with Crippen LogP contribution in [0.2, 0.25) is 0 Å². The number of nitrogens with zero attached hydrogens (tertiary/aromatic N) is 1. The minimum Gasteiger partial charge on any atom is -0.444 e. The van der Waals surface area contributed by atoms with Gasteiger partial charge in [-0.2, -0.15) is 0 Å². The van der Waals surface area contributed by atoms with Gasteiger partial charge in [-0.1, -0.05) is 63.1 Å². The average molecular weight is 488 g/mol. The molecular weight excluding hydrogens is 442 g/mol. The number of hydrogen-bond acceptors (Lipinski definition) is 4. The molecular formula is C28H45N3O4. The smallest absolute Gasteiger partial charge is 0.408 e. The Morgan fingerprint density at radius 1 is 1.09 bits per heavy atom. The summed E-state index contributed by atoms with van der Waals surface area (Å²) in [5.74, 6) is -0.486. The van der Waals surface area contributed by atoms with Gasteiger partial charge in [0.2, 0.25) is 11.8 Å². The summed E-state index contributed by atoms with van der Waals surface area (Å²) in [5, 5.41) is 5.80. The molecule has 0 aliphatic carbocycles. The molecule has 3 unspecified atom stereocenters. The molecule has 2 N–H and O–H groups in total. The van der Waals surface area contributed by atoms with E-state index >= 15 is 0 Å². The molecule has 0 saturated carbocycles. The SMILES string of the molecule is C=CCN(C(=O)C(CC(C)C)NC(=O)OC(C)(C)C)C(C(=O)NC(C)CCC)c1ccc(C)cc1. The molecule has 0 fully saturated rings. The number of alkyl carbamates (subject to hydrolysis) is 1. The molecule has 0 saturated heterocycles. The van der Waals surface area contributed by atoms with Gasteiger partial charge < -0.3 is 20.3 Å². The summed E-state index contributed by atoms with van der Waals surface area (Å²) < 4.78 is 5.40. The molecule has 3 atom stereocenters. The van der Waals surface area contributed by atoms with Crippen molar-refractivity contribution in [3.05, 3.63) is 48.0 Å². The van der Waals surface area contributed by atoms with Crippen LogP contribution >= 0.6 is 0 Å². The molecule has 0 heterocycles. The van der Waals surface area contributed by atoms with E-state index in [1.165, 1.54) is 4.90 Å². The van der Waals surface area contributed by atoms with Crippen LogP contribution in [0.4, 0.5) is 4.79 Å². The molecule has 1 aromatic rings. The molecule has 1 rings (SSSR count). The van der Waals surface area contributed by atoms with Crippen molar-refractivity contribution >= 4 is 17.9 Å². The maximum atomic E-state index is 13.9. The standard InChI is InChI=1S/C28H45N3O4/c1-10-12-21(6)29-25(32)24(22-15-13-20(5)14-16-22)31(17-11-2)26(33)23(18-19(3)4)30-27(34)35-28(7,8)9/h11,13-16,19,21,23-24H,2,10,12,17-18H2,1,3-9H3,(H,29,32)(H,30,34). The zero-order valence-corrected chi connectivity index (χ0v) is 22.8. The lowest BCUT2D eigenvalue weighted by Crippen LogP contribution is -2.54. The second kappa shape index (κ2) is 13.9. The first-order chi connectivity index (χ1) is 16.3. The van der Waals surface area contributed by atoms with Crippen molar-refractivity contribution in [1.29, 1.82) is 0 Å². The minimum atomic E-state index is -0.865. The van der Waals surface area contributed by atoms with Crippen LogP contribution in [0.1, 0.15) is 84.9 Å². The second-order valence-corrected chi connectivity index (χ2v) is 10.6. The third-order valence-electron chi connectivity index (χ3n) is 5.37. The highest BCUT2D eigenvalue weighted by atomic mass is 16.6. The Hall–Kier alpha value is -2.83. The number of benzene rings is 1. The lowest BCUT2D eigenvalue weighted by Gasteiger charge is -2.35. The molecule has 0 aliphatic rings. The largest absolute Gasteiger partial charge is 0.444 e. The Morgan fingerprint density at radius 3 is 2.17 bits per heavy atom. The lowest BCUT2D eigenvalue weighted by molar-refractivity contribution is -0.142. The molecule has 3 amide bonds. The third-order valence-corrected chi connectivity index (χ3v) is 5.37. The molecule has 0 aliphatic heterocycles. The fourth-order valence-corrected chi connectivity index (χ4v) is 3.85. The van der Waals surface area contributed by atoms with Gasteiger partial charge in [0.1, 0.15) is 17.7 Å². The summed E-state index contributed by atoms with van der Waals surface area (Å²) in [6.07, 6.45) is 3.10. The van der Waals surface area contributed by atoms with Crippen LogP contribution in [0.25, 0.3) is 0 Å². The van der Waals surface area contributed by atoms with Gasteiger partial charge >= 0.3 is 6.09 Å². The first-order valence-electron chi connectivity index (χ1n) is 12.6. The highest BCUT2D eigenvalue weighted by Crippen LogP contribution is 2.25. The quantitative estimate of drug-likeness (QED) is 0.392. The summed E-state index contributed by atoms with van der Waals surface area (Å²) in [7, 11) is 0. The van der Waals surface area contributed by atoms with E-state index in [0.717, 1.165) is 18.4 Å². The van der Waals surface area contributed by atoms with Crippen LogP contribution in [0.3, 0.4) is 0 Å². The summed E-state index contributed by atoms with van der Waals surface area (Å²) >= 11 is 0. The van der Waals surface area contributed by atoms with Crippen LogP contribution in [-0.2, 0) is 14.3 Å². The molecule has 196 valence electrons. The van der Waals surface area contributed by atoms with Crippen molar-refractivity contribution in [2.45, 2.75) is 98.4 Å². The number of rotatable bonds is 12. The van der Waals surface area contributed by atoms with Crippen LogP contribution in [0.5, 0.6) is 0 Å². The molecule has 0 radical (unpaired) electrons. The highest BCUT2D eigenvalue weighted by Gasteiger charge is 2.36. The number of aryl methyl sites for hydroxylation is 1. The fourth-order valence-electron chi connectivity index (χ4n) is 3.85. The summed E-state index contributed by atoms with van der Waals surface area (Å²) in [4.78, 5) is 41.5. The number of ether oxygens (including phenoxy) is 1. The van der Waals surface area contributed by atoms with Gasteiger partial charge in [-0.3, -0.25) is 9.59 Å². The van der Waals surface area contributed by atoms with Crippen LogP contribution in [0, 0.1) is 12.8 Å². The van der Waals surface area contributed by atoms with Gasteiger partial charge in [0.15, 0.2) is 0 Å². The van der Waals surface area contributed by atoms with Crippen LogP contribution in [0.15, 0.2) is 36.9 Å². The third kappa shape index (κ3) is 10.5. The summed E-state index contributed by atoms with van der Waals surface area (Å²) in [5.41, 5.74) is 1.06. The number of hydrogen-bond donors (Lipinski definition) is 2. The Balaban J connectivity index is 3.41. The maximum absolute atomic E-state index is 13.9. The zero-order chi connectivity index (χ0) is 26.8. The van der Waals surface area contributed by atoms with Gasteiger partial charge in [-0.15, -0.1) is 6.58 Å². The van der Waals surface area contributed by atoms with Gasteiger partial charge in [-0.05, 0) is 58.9 Å². The maximum Gasteiger partial charge on any atom is 0.408 e. The topological polar surface area (TPSA) is 87.7 Å². The van der Waals surface area contributed by atoms with Crippen molar-refractivity contribution < 1.29 is 19.1 Å². The van der Waals surface area contributed by atoms with Gasteiger partial charge in [0.05, 0.1) is 0 Å². The van der Waals surface area contributed by atoms with Gasteiger partial charge in [0, 0.05) is 12.6 Å². The Kier molecular flexibility index (Phi) is 12.0. The van der Waals surface area contributed by atoms with E-state index in [1.54, 1.807) is 26.8 Å². The van der Waals surface area contributed by atoms with E-state index in [4.69, 9.17) is 4.74 Å². The molecule has 7 heteroatoms. The summed E-state index contributed by atoms with van der Waals surface area (Å²) in [6.45, 7) is 19.2. The van der Waals surface area contributed by atoms with Crippen molar-refractivity contribution in [3.8, 4) is 0 Å². The molecule has 0 spiro atoms. The van der Waals surface area contributed by atoms with Crippen molar-refractivity contribution in [1.82, 2.24) is 15.5 Å². The van der Waals surface area contributed by atoms with Crippen LogP contribution < -0.4 is 10.6 Å². The molecule has 0 bridgehead atoms. The van der Waals surface area contributed by atoms with Crippen LogP contribution in [-0.4, -0.2) is 47.0 Å². The average Bonchev–Trinajstić information content (AvgIpc) is 2.72. The normalized spacial score (nSPS) is 14.0. The summed E-state index contributed by atoms with van der Waals surface area (Å²) in [6, 6.07) is 5.83. The minimum absolute atomic E-state index is 0.0347. The lowest BCUT2D eigenvalue weighted by atomic mass is 9.98. The number of carbonyl (C=O) groups excluding carboxylic acids is 3. The monoisotopic (exact) mass is 487 g/mol. The Morgan fingerprint density at radius 2 is 1.69 bits per heavy atom. The fraction of sp³-hybridized carbons (Fsp3) is 0.607. The van der Waals surface area contributed by atoms with Crippen molar-refractivity contribution in [2.24, 2.45) is 5.92 Å². The predicted molar refractivity (Wildman–Crippen MR) is 141 cm³/mol. The molecule has 0 aromatic heterocycles. The molecule has 1 aromatic carbocycles. The first-order valence-corrected chi connectivity index (χ1v) is 12.6. The van der Waals surface area contributed by atoms with E-state index in [0.29, 0.717) is 12.0 Å². The zero-order valence-electron chi connectivity index (χ0n) is 22.8. The molecule has 35 heavy (non-hydrogen) atoms. The van der Waals surface area contributed by atoms with E-state index < -0.39 is 23.8 Å². The van der Waals surface area contributed by atoms with Gasteiger partial charge in [0.25, 0.3) is 0 Å². The van der Waals surface area contributed by atoms with Crippen molar-refractivity contribution in [2.75, 3.05) is 6.54 Å². The Bertz CT molecular complexity index is 843. The predicted octanol–water partition coefficient (Wildman–Crippen LogP) is 5.29. The van der Waals surface area contributed by atoms with Gasteiger partial charge in [-0.25, -0.2) is 4.79 Å². The first kappa shape index (κ1) is 30.2. The second-order valence-electron chi connectivity index (χ2n) is 10.6. The number of nitrogens with one attached hydrogen (secondary N) is 2. The number of amides is 3. The highest BCUT2D eigenvalue weighted by molar-refractivity contribution is 5.92. The van der Waals surface area contributed by atoms with E-state index in [9.17, 15) is 14.4 Å². The van der Waals surface area contributed by atoms with E-state index in [-0.39, 0.29) is 30.3 Å². The Labute approximate surface area is 211 Å². The van der Waals surface area contributed by atoms with E-state index in [2.05, 4.69) is 24.1 Å². The molecule has 7 nitrogen and oxygen atoms in total. The van der Waals surface area contributed by atoms with E-state index in [1.807, 2.05) is 52.0 Å².